The third-order valence-corrected chi connectivity index (χ3v) is 4.69. The van der Waals surface area contributed by atoms with E-state index in [9.17, 15) is 0 Å². The Kier molecular flexibility index (Phi) is 3.73. The van der Waals surface area contributed by atoms with Crippen molar-refractivity contribution in [2.45, 2.75) is 12.8 Å². The molecule has 3 rings (SSSR count). The normalized spacial score (nSPS) is 14.8. The van der Waals surface area contributed by atoms with Gasteiger partial charge in [-0.3, -0.25) is 4.98 Å². The summed E-state index contributed by atoms with van der Waals surface area (Å²) in [7, 11) is 2.06. The van der Waals surface area contributed by atoms with E-state index in [4.69, 9.17) is 11.6 Å². The first-order valence-electron chi connectivity index (χ1n) is 6.40. The van der Waals surface area contributed by atoms with Crippen LogP contribution in [0.3, 0.4) is 0 Å². The van der Waals surface area contributed by atoms with Crippen LogP contribution in [0.1, 0.15) is 11.1 Å². The number of rotatable bonds is 2. The maximum absolute atomic E-state index is 6.45. The highest BCUT2D eigenvalue weighted by atomic mass is 35.5. The number of nitrogens with one attached hydrogen (secondary N) is 1. The Morgan fingerprint density at radius 3 is 2.95 bits per heavy atom. The fraction of sp³-hybridized carbons (Fsp3) is 0.357. The van der Waals surface area contributed by atoms with Crippen molar-refractivity contribution in [2.75, 3.05) is 25.0 Å². The molecule has 0 spiro atoms. The van der Waals surface area contributed by atoms with E-state index >= 15 is 0 Å². The third-order valence-electron chi connectivity index (χ3n) is 3.54. The zero-order valence-electron chi connectivity index (χ0n) is 10.8. The highest BCUT2D eigenvalue weighted by molar-refractivity contribution is 7.13. The molecule has 1 N–H and O–H groups in total. The number of anilines is 2. The first-order chi connectivity index (χ1) is 9.27. The van der Waals surface area contributed by atoms with Gasteiger partial charge < -0.3 is 10.2 Å². The number of hydrogen-bond donors (Lipinski definition) is 1. The average molecular weight is 294 g/mol. The molecule has 2 aromatic rings. The summed E-state index contributed by atoms with van der Waals surface area (Å²) < 4.78 is 0. The van der Waals surface area contributed by atoms with Gasteiger partial charge in [0.2, 0.25) is 0 Å². The Bertz CT molecular complexity index is 568. The summed E-state index contributed by atoms with van der Waals surface area (Å²) in [6, 6.07) is 4.17. The molecule has 0 bridgehead atoms. The van der Waals surface area contributed by atoms with Crippen LogP contribution in [0.2, 0.25) is 5.02 Å². The lowest BCUT2D eigenvalue weighted by molar-refractivity contribution is 0.711. The Labute approximate surface area is 122 Å². The first-order valence-corrected chi connectivity index (χ1v) is 7.66. The highest BCUT2D eigenvalue weighted by Crippen LogP contribution is 2.37. The van der Waals surface area contributed by atoms with E-state index in [1.165, 1.54) is 11.1 Å². The van der Waals surface area contributed by atoms with Crippen LogP contribution in [0, 0.1) is 0 Å². The molecule has 0 amide bonds. The number of hydrogen-bond acceptors (Lipinski definition) is 4. The van der Waals surface area contributed by atoms with Crippen molar-refractivity contribution in [1.82, 2.24) is 10.3 Å². The molecule has 19 heavy (non-hydrogen) atoms. The molecule has 0 unspecified atom stereocenters. The Morgan fingerprint density at radius 2 is 2.16 bits per heavy atom. The van der Waals surface area contributed by atoms with Gasteiger partial charge in [0.1, 0.15) is 5.00 Å². The van der Waals surface area contributed by atoms with Crippen molar-refractivity contribution in [3.63, 3.8) is 0 Å². The van der Waals surface area contributed by atoms with Crippen LogP contribution in [-0.4, -0.2) is 25.1 Å². The Hall–Kier alpha value is -1.10. The van der Waals surface area contributed by atoms with Crippen LogP contribution in [0.15, 0.2) is 23.8 Å². The summed E-state index contributed by atoms with van der Waals surface area (Å²) in [6.45, 7) is 2.05. The molecule has 1 aromatic carbocycles. The maximum Gasteiger partial charge on any atom is 0.115 e. The monoisotopic (exact) mass is 293 g/mol. The van der Waals surface area contributed by atoms with Crippen molar-refractivity contribution in [1.29, 1.82) is 0 Å². The minimum absolute atomic E-state index is 0.816. The van der Waals surface area contributed by atoms with Gasteiger partial charge in [0, 0.05) is 7.05 Å². The zero-order valence-corrected chi connectivity index (χ0v) is 12.4. The summed E-state index contributed by atoms with van der Waals surface area (Å²) in [4.78, 5) is 6.31. The minimum atomic E-state index is 0.816. The van der Waals surface area contributed by atoms with Crippen LogP contribution in [0.5, 0.6) is 0 Å². The summed E-state index contributed by atoms with van der Waals surface area (Å²) in [5.74, 6) is 0. The van der Waals surface area contributed by atoms with E-state index in [0.29, 0.717) is 0 Å². The molecule has 1 aromatic heterocycles. The molecule has 0 radical (unpaired) electrons. The summed E-state index contributed by atoms with van der Waals surface area (Å²) in [5.41, 5.74) is 5.75. The lowest BCUT2D eigenvalue weighted by atomic mass is 10.0. The van der Waals surface area contributed by atoms with Gasteiger partial charge in [-0.2, -0.15) is 0 Å². The number of aromatic nitrogens is 1. The van der Waals surface area contributed by atoms with Gasteiger partial charge in [0.15, 0.2) is 0 Å². The Balaban J connectivity index is 2.09. The molecule has 100 valence electrons. The number of thiazole rings is 1. The second-order valence-electron chi connectivity index (χ2n) is 4.68. The summed E-state index contributed by atoms with van der Waals surface area (Å²) in [6.07, 6.45) is 3.97. The molecule has 0 saturated heterocycles. The predicted molar refractivity (Wildman–Crippen MR) is 81.9 cm³/mol. The lowest BCUT2D eigenvalue weighted by Crippen LogP contribution is -2.16. The van der Waals surface area contributed by atoms with Crippen LogP contribution in [0.4, 0.5) is 10.7 Å². The summed E-state index contributed by atoms with van der Waals surface area (Å²) >= 11 is 8.08. The van der Waals surface area contributed by atoms with Gasteiger partial charge in [-0.25, -0.2) is 0 Å². The van der Waals surface area contributed by atoms with Crippen LogP contribution in [-0.2, 0) is 12.8 Å². The molecule has 0 saturated carbocycles. The van der Waals surface area contributed by atoms with Gasteiger partial charge in [0.25, 0.3) is 0 Å². The van der Waals surface area contributed by atoms with Gasteiger partial charge >= 0.3 is 0 Å². The third kappa shape index (κ3) is 2.48. The minimum Gasteiger partial charge on any atom is -0.334 e. The van der Waals surface area contributed by atoms with Crippen molar-refractivity contribution in [3.8, 4) is 0 Å². The smallest absolute Gasteiger partial charge is 0.115 e. The van der Waals surface area contributed by atoms with E-state index in [1.807, 2.05) is 17.8 Å². The second kappa shape index (κ2) is 5.49. The fourth-order valence-corrected chi connectivity index (χ4v) is 3.48. The average Bonchev–Trinajstić information content (AvgIpc) is 2.84. The molecule has 0 aliphatic carbocycles. The SMILES string of the molecule is CN(c1cncs1)c1c(Cl)ccc2c1CCNCC2. The standard InChI is InChI=1S/C14H16ClN3S/c1-18(13-8-17-9-19-13)14-11-5-7-16-6-4-10(11)2-3-12(14)15/h2-3,8-9,16H,4-7H2,1H3. The van der Waals surface area contributed by atoms with Gasteiger partial charge in [-0.1, -0.05) is 17.7 Å². The molecule has 2 heterocycles. The van der Waals surface area contributed by atoms with Crippen molar-refractivity contribution >= 4 is 33.6 Å². The largest absolute Gasteiger partial charge is 0.334 e. The lowest BCUT2D eigenvalue weighted by Gasteiger charge is -2.23. The number of nitrogens with zero attached hydrogens (tertiary/aromatic N) is 2. The van der Waals surface area contributed by atoms with Gasteiger partial charge in [-0.15, -0.1) is 11.3 Å². The van der Waals surface area contributed by atoms with Gasteiger partial charge in [-0.05, 0) is 43.1 Å². The van der Waals surface area contributed by atoms with Crippen molar-refractivity contribution in [3.05, 3.63) is 40.0 Å². The number of benzene rings is 1. The second-order valence-corrected chi connectivity index (χ2v) is 5.95. The van der Waals surface area contributed by atoms with Crippen LogP contribution < -0.4 is 10.2 Å². The van der Waals surface area contributed by atoms with E-state index in [1.54, 1.807) is 11.3 Å². The topological polar surface area (TPSA) is 28.2 Å². The molecule has 1 aliphatic heterocycles. The zero-order chi connectivity index (χ0) is 13.2. The van der Waals surface area contributed by atoms with Crippen molar-refractivity contribution in [2.24, 2.45) is 0 Å². The first kappa shape index (κ1) is 12.9. The summed E-state index contributed by atoms with van der Waals surface area (Å²) in [5, 5.41) is 5.38. The number of halogens is 1. The molecular formula is C14H16ClN3S. The quantitative estimate of drug-likeness (QED) is 0.921. The van der Waals surface area contributed by atoms with E-state index < -0.39 is 0 Å². The Morgan fingerprint density at radius 1 is 1.32 bits per heavy atom. The predicted octanol–water partition coefficient (Wildman–Crippen LogP) is 3.25. The highest BCUT2D eigenvalue weighted by Gasteiger charge is 2.19. The molecule has 0 atom stereocenters. The van der Waals surface area contributed by atoms with Crippen LogP contribution in [0.25, 0.3) is 0 Å². The van der Waals surface area contributed by atoms with E-state index in [0.717, 1.165) is 41.6 Å². The van der Waals surface area contributed by atoms with Crippen LogP contribution >= 0.6 is 22.9 Å². The maximum atomic E-state index is 6.45. The van der Waals surface area contributed by atoms with E-state index in [2.05, 4.69) is 28.3 Å². The fourth-order valence-electron chi connectivity index (χ4n) is 2.57. The molecule has 5 heteroatoms. The van der Waals surface area contributed by atoms with E-state index in [-0.39, 0.29) is 0 Å². The molecule has 3 nitrogen and oxygen atoms in total. The molecule has 0 fully saturated rings. The number of fused-ring (bicyclic) bond motifs is 1. The van der Waals surface area contributed by atoms with Crippen molar-refractivity contribution < 1.29 is 0 Å². The van der Waals surface area contributed by atoms with Gasteiger partial charge in [0.05, 0.1) is 22.4 Å². The molecular weight excluding hydrogens is 278 g/mol. The molecule has 1 aliphatic rings.